The lowest BCUT2D eigenvalue weighted by Crippen LogP contribution is -2.06. The van der Waals surface area contributed by atoms with Crippen molar-refractivity contribution in [2.75, 3.05) is 5.32 Å². The maximum atomic E-state index is 13.5. The predicted molar refractivity (Wildman–Crippen MR) is 74.7 cm³/mol. The summed E-state index contributed by atoms with van der Waals surface area (Å²) in [6.45, 7) is 5.77. The fourth-order valence-electron chi connectivity index (χ4n) is 2.02. The number of nitrogens with zero attached hydrogens (tertiary/aromatic N) is 3. The molecule has 0 aliphatic carbocycles. The molecule has 1 heterocycles. The Labute approximate surface area is 117 Å². The summed E-state index contributed by atoms with van der Waals surface area (Å²) in [5, 5.41) is 11.9. The molecule has 4 nitrogen and oxygen atoms in total. The molecular weight excluding hydrogens is 255 g/mol. The molecule has 0 saturated heterocycles. The molecule has 0 aliphatic rings. The summed E-state index contributed by atoms with van der Waals surface area (Å²) < 4.78 is 13.5. The molecule has 0 fully saturated rings. The van der Waals surface area contributed by atoms with Crippen molar-refractivity contribution < 1.29 is 4.39 Å². The Balaban J connectivity index is 2.17. The van der Waals surface area contributed by atoms with Crippen LogP contribution in [0.25, 0.3) is 0 Å². The second kappa shape index (κ2) is 5.66. The normalized spacial score (nSPS) is 10.2. The molecule has 0 aliphatic heterocycles. The van der Waals surface area contributed by atoms with E-state index in [1.54, 1.807) is 39.0 Å². The van der Waals surface area contributed by atoms with Crippen LogP contribution in [0.2, 0.25) is 0 Å². The largest absolute Gasteiger partial charge is 0.350 e. The maximum Gasteiger partial charge on any atom is 0.224 e. The molecule has 0 amide bonds. The van der Waals surface area contributed by atoms with Crippen LogP contribution < -0.4 is 5.32 Å². The first-order chi connectivity index (χ1) is 9.49. The molecule has 0 radical (unpaired) electrons. The second-order valence-corrected chi connectivity index (χ2v) is 4.73. The molecule has 20 heavy (non-hydrogen) atoms. The van der Waals surface area contributed by atoms with Gasteiger partial charge in [0, 0.05) is 12.2 Å². The van der Waals surface area contributed by atoms with Gasteiger partial charge < -0.3 is 5.32 Å². The summed E-state index contributed by atoms with van der Waals surface area (Å²) in [5.74, 6) is 0.230. The average molecular weight is 270 g/mol. The number of rotatable bonds is 3. The second-order valence-electron chi connectivity index (χ2n) is 4.73. The highest BCUT2D eigenvalue weighted by molar-refractivity contribution is 5.36. The van der Waals surface area contributed by atoms with Crippen LogP contribution >= 0.6 is 0 Å². The van der Waals surface area contributed by atoms with E-state index in [1.807, 2.05) is 6.07 Å². The summed E-state index contributed by atoms with van der Waals surface area (Å²) in [6, 6.07) is 7.19. The van der Waals surface area contributed by atoms with Gasteiger partial charge in [0.2, 0.25) is 5.95 Å². The van der Waals surface area contributed by atoms with Gasteiger partial charge in [-0.15, -0.1) is 0 Å². The summed E-state index contributed by atoms with van der Waals surface area (Å²) in [5.41, 5.74) is 3.23. The van der Waals surface area contributed by atoms with Crippen molar-refractivity contribution in [3.8, 4) is 6.07 Å². The molecule has 0 atom stereocenters. The van der Waals surface area contributed by atoms with E-state index in [0.29, 0.717) is 29.3 Å². The minimum absolute atomic E-state index is 0.174. The highest BCUT2D eigenvalue weighted by atomic mass is 19.1. The SMILES string of the molecule is Cc1cc(C#N)nc(NCc2cc(C)c(F)c(C)c2)n1. The first-order valence-corrected chi connectivity index (χ1v) is 6.25. The zero-order valence-electron chi connectivity index (χ0n) is 11.7. The third kappa shape index (κ3) is 3.09. The Hall–Kier alpha value is -2.48. The van der Waals surface area contributed by atoms with Crippen molar-refractivity contribution in [1.29, 1.82) is 5.26 Å². The molecule has 1 aromatic heterocycles. The van der Waals surface area contributed by atoms with Crippen molar-refractivity contribution in [2.45, 2.75) is 27.3 Å². The number of anilines is 1. The van der Waals surface area contributed by atoms with Crippen LogP contribution in [0.3, 0.4) is 0 Å². The van der Waals surface area contributed by atoms with Gasteiger partial charge in [-0.05, 0) is 43.5 Å². The van der Waals surface area contributed by atoms with E-state index >= 15 is 0 Å². The fraction of sp³-hybridized carbons (Fsp3) is 0.267. The zero-order chi connectivity index (χ0) is 14.7. The zero-order valence-corrected chi connectivity index (χ0v) is 11.7. The Morgan fingerprint density at radius 1 is 1.15 bits per heavy atom. The monoisotopic (exact) mass is 270 g/mol. The molecular formula is C15H15FN4. The third-order valence-corrected chi connectivity index (χ3v) is 2.92. The van der Waals surface area contributed by atoms with Gasteiger partial charge in [-0.1, -0.05) is 12.1 Å². The summed E-state index contributed by atoms with van der Waals surface area (Å²) in [7, 11) is 0. The highest BCUT2D eigenvalue weighted by Crippen LogP contribution is 2.15. The number of halogens is 1. The highest BCUT2D eigenvalue weighted by Gasteiger charge is 2.06. The van der Waals surface area contributed by atoms with E-state index in [-0.39, 0.29) is 5.82 Å². The van der Waals surface area contributed by atoms with Crippen molar-refractivity contribution in [3.63, 3.8) is 0 Å². The fourth-order valence-corrected chi connectivity index (χ4v) is 2.02. The first-order valence-electron chi connectivity index (χ1n) is 6.25. The Morgan fingerprint density at radius 3 is 2.40 bits per heavy atom. The van der Waals surface area contributed by atoms with E-state index < -0.39 is 0 Å². The van der Waals surface area contributed by atoms with Crippen molar-refractivity contribution in [3.05, 3.63) is 52.1 Å². The molecule has 102 valence electrons. The predicted octanol–water partition coefficient (Wildman–Crippen LogP) is 3.02. The van der Waals surface area contributed by atoms with Gasteiger partial charge >= 0.3 is 0 Å². The lowest BCUT2D eigenvalue weighted by Gasteiger charge is -2.09. The topological polar surface area (TPSA) is 61.6 Å². The molecule has 0 unspecified atom stereocenters. The molecule has 5 heteroatoms. The van der Waals surface area contributed by atoms with Gasteiger partial charge in [-0.2, -0.15) is 5.26 Å². The minimum Gasteiger partial charge on any atom is -0.350 e. The van der Waals surface area contributed by atoms with E-state index in [1.165, 1.54) is 0 Å². The van der Waals surface area contributed by atoms with E-state index in [0.717, 1.165) is 11.3 Å². The molecule has 2 aromatic rings. The Bertz CT molecular complexity index is 666. The summed E-state index contributed by atoms with van der Waals surface area (Å²) >= 11 is 0. The number of hydrogen-bond donors (Lipinski definition) is 1. The standard InChI is InChI=1S/C15H15FN4/c1-9-4-12(5-10(2)14(9)16)8-18-15-19-11(3)6-13(7-17)20-15/h4-6H,8H2,1-3H3,(H,18,19,20). The molecule has 0 saturated carbocycles. The van der Waals surface area contributed by atoms with Crippen LogP contribution in [-0.4, -0.2) is 9.97 Å². The smallest absolute Gasteiger partial charge is 0.224 e. The lowest BCUT2D eigenvalue weighted by atomic mass is 10.1. The van der Waals surface area contributed by atoms with Crippen LogP contribution in [0, 0.1) is 37.9 Å². The van der Waals surface area contributed by atoms with Crippen molar-refractivity contribution >= 4 is 5.95 Å². The van der Waals surface area contributed by atoms with E-state index in [4.69, 9.17) is 5.26 Å². The number of nitriles is 1. The maximum absolute atomic E-state index is 13.5. The molecule has 0 bridgehead atoms. The first kappa shape index (κ1) is 13.9. The molecule has 1 aromatic carbocycles. The number of benzene rings is 1. The van der Waals surface area contributed by atoms with Gasteiger partial charge in [-0.25, -0.2) is 14.4 Å². The minimum atomic E-state index is -0.174. The van der Waals surface area contributed by atoms with Crippen LogP contribution in [0.15, 0.2) is 18.2 Å². The molecule has 2 rings (SSSR count). The van der Waals surface area contributed by atoms with Crippen LogP contribution in [0.5, 0.6) is 0 Å². The van der Waals surface area contributed by atoms with E-state index in [9.17, 15) is 4.39 Å². The van der Waals surface area contributed by atoms with E-state index in [2.05, 4.69) is 15.3 Å². The summed E-state index contributed by atoms with van der Waals surface area (Å²) in [6.07, 6.45) is 0. The number of aryl methyl sites for hydroxylation is 3. The number of nitrogens with one attached hydrogen (secondary N) is 1. The van der Waals surface area contributed by atoms with Crippen LogP contribution in [-0.2, 0) is 6.54 Å². The quantitative estimate of drug-likeness (QED) is 0.931. The molecule has 0 spiro atoms. The molecule has 1 N–H and O–H groups in total. The van der Waals surface area contributed by atoms with Gasteiger partial charge in [0.25, 0.3) is 0 Å². The average Bonchev–Trinajstić information content (AvgIpc) is 2.41. The van der Waals surface area contributed by atoms with Gasteiger partial charge in [0.05, 0.1) is 0 Å². The Kier molecular flexibility index (Phi) is 3.94. The van der Waals surface area contributed by atoms with Crippen LogP contribution in [0.1, 0.15) is 28.1 Å². The number of hydrogen-bond acceptors (Lipinski definition) is 4. The van der Waals surface area contributed by atoms with Crippen LogP contribution in [0.4, 0.5) is 10.3 Å². The lowest BCUT2D eigenvalue weighted by molar-refractivity contribution is 0.608. The Morgan fingerprint density at radius 2 is 1.80 bits per heavy atom. The number of aromatic nitrogens is 2. The van der Waals surface area contributed by atoms with Gasteiger partial charge in [0.15, 0.2) is 0 Å². The van der Waals surface area contributed by atoms with Crippen molar-refractivity contribution in [1.82, 2.24) is 9.97 Å². The van der Waals surface area contributed by atoms with Gasteiger partial charge in [-0.3, -0.25) is 0 Å². The van der Waals surface area contributed by atoms with Gasteiger partial charge in [0.1, 0.15) is 17.6 Å². The third-order valence-electron chi connectivity index (χ3n) is 2.92. The van der Waals surface area contributed by atoms with Crippen molar-refractivity contribution in [2.24, 2.45) is 0 Å². The summed E-state index contributed by atoms with van der Waals surface area (Å²) in [4.78, 5) is 8.28.